The molecule has 0 atom stereocenters. The topological polar surface area (TPSA) is 56.9 Å². The van der Waals surface area contributed by atoms with Crippen LogP contribution in [0.25, 0.3) is 0 Å². The second-order valence-electron chi connectivity index (χ2n) is 4.49. The Labute approximate surface area is 114 Å². The summed E-state index contributed by atoms with van der Waals surface area (Å²) in [5.74, 6) is 0.180. The Morgan fingerprint density at radius 2 is 2.06 bits per heavy atom. The van der Waals surface area contributed by atoms with Gasteiger partial charge in [0.2, 0.25) is 0 Å². The predicted octanol–water partition coefficient (Wildman–Crippen LogP) is 1.63. The first kappa shape index (κ1) is 13.6. The van der Waals surface area contributed by atoms with E-state index < -0.39 is 5.97 Å². The van der Waals surface area contributed by atoms with Crippen LogP contribution in [0.4, 0.5) is 0 Å². The van der Waals surface area contributed by atoms with E-state index in [1.54, 1.807) is 6.26 Å². The van der Waals surface area contributed by atoms with Gasteiger partial charge in [0.15, 0.2) is 0 Å². The van der Waals surface area contributed by atoms with E-state index in [1.165, 1.54) is 0 Å². The third-order valence-corrected chi connectivity index (χ3v) is 3.80. The van der Waals surface area contributed by atoms with Crippen LogP contribution in [0, 0.1) is 0 Å². The Hall–Kier alpha value is -0.850. The van der Waals surface area contributed by atoms with Gasteiger partial charge in [-0.25, -0.2) is 0 Å². The van der Waals surface area contributed by atoms with Gasteiger partial charge in [0, 0.05) is 19.6 Å². The number of nitrogens with zero attached hydrogens (tertiary/aromatic N) is 2. The molecule has 1 aliphatic heterocycles. The Bertz CT molecular complexity index is 408. The van der Waals surface area contributed by atoms with Gasteiger partial charge >= 0.3 is 5.97 Å². The molecule has 100 valence electrons. The number of aliphatic carboxylic acids is 1. The Morgan fingerprint density at radius 3 is 2.72 bits per heavy atom. The SMILES string of the molecule is O=C(O)CN1CCCN(Cc2occc2Br)CC1. The number of rotatable bonds is 4. The van der Waals surface area contributed by atoms with Crippen LogP contribution in [-0.4, -0.2) is 53.6 Å². The van der Waals surface area contributed by atoms with Crippen LogP contribution in [0.2, 0.25) is 0 Å². The molecular weight excluding hydrogens is 300 g/mol. The van der Waals surface area contributed by atoms with Crippen LogP contribution in [0.15, 0.2) is 21.2 Å². The van der Waals surface area contributed by atoms with E-state index in [1.807, 2.05) is 11.0 Å². The zero-order chi connectivity index (χ0) is 13.0. The number of hydrogen-bond donors (Lipinski definition) is 1. The number of furan rings is 1. The third-order valence-electron chi connectivity index (χ3n) is 3.10. The number of carboxylic acids is 1. The fraction of sp³-hybridized carbons (Fsp3) is 0.583. The summed E-state index contributed by atoms with van der Waals surface area (Å²) < 4.78 is 6.40. The summed E-state index contributed by atoms with van der Waals surface area (Å²) >= 11 is 3.45. The first-order valence-electron chi connectivity index (χ1n) is 6.03. The molecule has 2 heterocycles. The van der Waals surface area contributed by atoms with E-state index in [9.17, 15) is 4.79 Å². The fourth-order valence-corrected chi connectivity index (χ4v) is 2.50. The van der Waals surface area contributed by atoms with Crippen molar-refractivity contribution in [1.82, 2.24) is 9.80 Å². The summed E-state index contributed by atoms with van der Waals surface area (Å²) in [4.78, 5) is 15.0. The number of carbonyl (C=O) groups is 1. The van der Waals surface area contributed by atoms with Crippen LogP contribution in [0.1, 0.15) is 12.2 Å². The van der Waals surface area contributed by atoms with Gasteiger partial charge in [-0.2, -0.15) is 0 Å². The van der Waals surface area contributed by atoms with Gasteiger partial charge < -0.3 is 9.52 Å². The van der Waals surface area contributed by atoms with Crippen molar-refractivity contribution in [3.05, 3.63) is 22.6 Å². The molecule has 1 fully saturated rings. The molecule has 0 aromatic carbocycles. The van der Waals surface area contributed by atoms with Gasteiger partial charge in [0.1, 0.15) is 5.76 Å². The van der Waals surface area contributed by atoms with E-state index in [0.717, 1.165) is 49.4 Å². The molecule has 5 nitrogen and oxygen atoms in total. The Kier molecular flexibility index (Phi) is 4.79. The largest absolute Gasteiger partial charge is 0.480 e. The maximum absolute atomic E-state index is 10.7. The van der Waals surface area contributed by atoms with Crippen molar-refractivity contribution in [3.8, 4) is 0 Å². The quantitative estimate of drug-likeness (QED) is 0.915. The van der Waals surface area contributed by atoms with E-state index in [4.69, 9.17) is 9.52 Å². The fourth-order valence-electron chi connectivity index (χ4n) is 2.17. The average molecular weight is 317 g/mol. The van der Waals surface area contributed by atoms with E-state index >= 15 is 0 Å². The lowest BCUT2D eigenvalue weighted by Crippen LogP contribution is -2.34. The molecule has 1 saturated heterocycles. The highest BCUT2D eigenvalue weighted by Crippen LogP contribution is 2.19. The number of carboxylic acid groups (broad SMARTS) is 1. The maximum atomic E-state index is 10.7. The molecule has 1 aliphatic rings. The van der Waals surface area contributed by atoms with Crippen LogP contribution in [0.5, 0.6) is 0 Å². The highest BCUT2D eigenvalue weighted by molar-refractivity contribution is 9.10. The standard InChI is InChI=1S/C12H17BrN2O3/c13-10-2-7-18-11(10)8-14-3-1-4-15(6-5-14)9-12(16)17/h2,7H,1,3-6,8-9H2,(H,16,17). The lowest BCUT2D eigenvalue weighted by atomic mass is 10.3. The van der Waals surface area contributed by atoms with Gasteiger partial charge in [-0.3, -0.25) is 14.6 Å². The van der Waals surface area contributed by atoms with E-state index in [2.05, 4.69) is 20.8 Å². The van der Waals surface area contributed by atoms with Gasteiger partial charge in [0.05, 0.1) is 23.8 Å². The summed E-state index contributed by atoms with van der Waals surface area (Å²) in [6.07, 6.45) is 2.67. The summed E-state index contributed by atoms with van der Waals surface area (Å²) in [6.45, 7) is 4.41. The van der Waals surface area contributed by atoms with Crippen molar-refractivity contribution in [3.63, 3.8) is 0 Å². The van der Waals surface area contributed by atoms with Crippen LogP contribution in [0.3, 0.4) is 0 Å². The van der Waals surface area contributed by atoms with Crippen molar-refractivity contribution in [1.29, 1.82) is 0 Å². The molecule has 1 N–H and O–H groups in total. The Balaban J connectivity index is 1.85. The minimum Gasteiger partial charge on any atom is -0.480 e. The van der Waals surface area contributed by atoms with Crippen molar-refractivity contribution in [2.75, 3.05) is 32.7 Å². The normalized spacial score (nSPS) is 18.7. The van der Waals surface area contributed by atoms with E-state index in [0.29, 0.717) is 0 Å². The van der Waals surface area contributed by atoms with Crippen molar-refractivity contribution < 1.29 is 14.3 Å². The lowest BCUT2D eigenvalue weighted by molar-refractivity contribution is -0.138. The molecule has 0 saturated carbocycles. The highest BCUT2D eigenvalue weighted by atomic mass is 79.9. The smallest absolute Gasteiger partial charge is 0.317 e. The lowest BCUT2D eigenvalue weighted by Gasteiger charge is -2.19. The van der Waals surface area contributed by atoms with Crippen LogP contribution < -0.4 is 0 Å². The molecule has 0 spiro atoms. The third kappa shape index (κ3) is 3.83. The van der Waals surface area contributed by atoms with Crippen LogP contribution >= 0.6 is 15.9 Å². The van der Waals surface area contributed by atoms with Crippen molar-refractivity contribution >= 4 is 21.9 Å². The average Bonchev–Trinajstić information content (AvgIpc) is 2.58. The highest BCUT2D eigenvalue weighted by Gasteiger charge is 2.18. The minimum atomic E-state index is -0.753. The molecule has 0 radical (unpaired) electrons. The zero-order valence-electron chi connectivity index (χ0n) is 10.1. The maximum Gasteiger partial charge on any atom is 0.317 e. The monoisotopic (exact) mass is 316 g/mol. The van der Waals surface area contributed by atoms with Gasteiger partial charge in [0.25, 0.3) is 0 Å². The molecule has 1 aromatic rings. The summed E-state index contributed by atoms with van der Waals surface area (Å²) in [7, 11) is 0. The van der Waals surface area contributed by atoms with Gasteiger partial charge in [-0.05, 0) is 35.0 Å². The second kappa shape index (κ2) is 6.36. The van der Waals surface area contributed by atoms with Gasteiger partial charge in [-0.15, -0.1) is 0 Å². The number of hydrogen-bond acceptors (Lipinski definition) is 4. The molecule has 0 aliphatic carbocycles. The molecule has 6 heteroatoms. The minimum absolute atomic E-state index is 0.137. The molecular formula is C12H17BrN2O3. The predicted molar refractivity (Wildman–Crippen MR) is 70.4 cm³/mol. The molecule has 0 bridgehead atoms. The van der Waals surface area contributed by atoms with Crippen molar-refractivity contribution in [2.24, 2.45) is 0 Å². The zero-order valence-corrected chi connectivity index (χ0v) is 11.7. The Morgan fingerprint density at radius 1 is 1.33 bits per heavy atom. The molecule has 18 heavy (non-hydrogen) atoms. The second-order valence-corrected chi connectivity index (χ2v) is 5.35. The summed E-state index contributed by atoms with van der Waals surface area (Å²) in [6, 6.07) is 1.89. The van der Waals surface area contributed by atoms with Crippen molar-refractivity contribution in [2.45, 2.75) is 13.0 Å². The number of halogens is 1. The molecule has 0 amide bonds. The summed E-state index contributed by atoms with van der Waals surface area (Å²) in [5.41, 5.74) is 0. The molecule has 2 rings (SSSR count). The first-order valence-corrected chi connectivity index (χ1v) is 6.83. The first-order chi connectivity index (χ1) is 8.65. The van der Waals surface area contributed by atoms with Gasteiger partial charge in [-0.1, -0.05) is 0 Å². The molecule has 1 aromatic heterocycles. The summed E-state index contributed by atoms with van der Waals surface area (Å²) in [5, 5.41) is 8.79. The van der Waals surface area contributed by atoms with Crippen LogP contribution in [-0.2, 0) is 11.3 Å². The van der Waals surface area contributed by atoms with E-state index in [-0.39, 0.29) is 6.54 Å². The molecule has 0 unspecified atom stereocenters.